The number of benzene rings is 2. The molecular weight excluding hydrogens is 378 g/mol. The average Bonchev–Trinajstić information content (AvgIpc) is 2.46. The number of rotatable bonds is 6. The lowest BCUT2D eigenvalue weighted by molar-refractivity contribution is 0.634. The first kappa shape index (κ1) is 15.6. The predicted molar refractivity (Wildman–Crippen MR) is 94.2 cm³/mol. The van der Waals surface area contributed by atoms with Gasteiger partial charge < -0.3 is 5.32 Å². The molecule has 3 heteroatoms. The molecule has 0 radical (unpaired) electrons. The molecule has 2 rings (SSSR count). The molecule has 0 aliphatic carbocycles. The summed E-state index contributed by atoms with van der Waals surface area (Å²) in [5.41, 5.74) is 2.48. The van der Waals surface area contributed by atoms with Crippen LogP contribution in [0.25, 0.3) is 0 Å². The van der Waals surface area contributed by atoms with Crippen molar-refractivity contribution in [1.82, 2.24) is 0 Å². The van der Waals surface area contributed by atoms with Crippen LogP contribution in [0.4, 0.5) is 5.69 Å². The van der Waals surface area contributed by atoms with Crippen LogP contribution in [0.3, 0.4) is 0 Å². The first-order chi connectivity index (χ1) is 9.70. The Bertz CT molecular complexity index is 540. The molecule has 2 aromatic rings. The number of hydrogen-bond acceptors (Lipinski definition) is 1. The Labute approximate surface area is 138 Å². The van der Waals surface area contributed by atoms with E-state index in [1.165, 1.54) is 18.4 Å². The van der Waals surface area contributed by atoms with Crippen molar-refractivity contribution in [3.05, 3.63) is 63.0 Å². The molecule has 0 aromatic heterocycles. The average molecular weight is 397 g/mol. The van der Waals surface area contributed by atoms with Crippen LogP contribution in [0.1, 0.15) is 37.8 Å². The van der Waals surface area contributed by atoms with Gasteiger partial charge in [0, 0.05) is 14.6 Å². The Balaban J connectivity index is 2.19. The van der Waals surface area contributed by atoms with E-state index < -0.39 is 0 Å². The lowest BCUT2D eigenvalue weighted by atomic mass is 10.0. The van der Waals surface area contributed by atoms with Gasteiger partial charge in [0.2, 0.25) is 0 Å². The van der Waals surface area contributed by atoms with Crippen molar-refractivity contribution in [1.29, 1.82) is 0 Å². The summed E-state index contributed by atoms with van der Waals surface area (Å²) >= 11 is 7.12. The van der Waals surface area contributed by atoms with Crippen molar-refractivity contribution in [3.8, 4) is 0 Å². The topological polar surface area (TPSA) is 12.0 Å². The van der Waals surface area contributed by atoms with Gasteiger partial charge in [-0.2, -0.15) is 0 Å². The highest BCUT2D eigenvalue weighted by Gasteiger charge is 2.12. The minimum absolute atomic E-state index is 0.355. The van der Waals surface area contributed by atoms with E-state index in [0.717, 1.165) is 21.1 Å². The van der Waals surface area contributed by atoms with Crippen LogP contribution in [0.15, 0.2) is 57.5 Å². The second kappa shape index (κ2) is 7.84. The maximum absolute atomic E-state index is 3.66. The minimum Gasteiger partial charge on any atom is -0.377 e. The molecule has 0 saturated carbocycles. The van der Waals surface area contributed by atoms with E-state index in [2.05, 4.69) is 92.6 Å². The molecule has 0 bridgehead atoms. The maximum atomic E-state index is 3.66. The third-order valence-electron chi connectivity index (χ3n) is 3.31. The van der Waals surface area contributed by atoms with Crippen LogP contribution in [-0.4, -0.2) is 0 Å². The van der Waals surface area contributed by atoms with Crippen LogP contribution >= 0.6 is 31.9 Å². The highest BCUT2D eigenvalue weighted by atomic mass is 79.9. The highest BCUT2D eigenvalue weighted by Crippen LogP contribution is 2.31. The van der Waals surface area contributed by atoms with E-state index >= 15 is 0 Å². The zero-order valence-electron chi connectivity index (χ0n) is 11.6. The molecule has 0 aliphatic rings. The van der Waals surface area contributed by atoms with Crippen LogP contribution in [0.5, 0.6) is 0 Å². The lowest BCUT2D eigenvalue weighted by Crippen LogP contribution is -2.11. The Morgan fingerprint density at radius 3 is 2.45 bits per heavy atom. The van der Waals surface area contributed by atoms with Crippen molar-refractivity contribution in [2.24, 2.45) is 0 Å². The molecule has 0 heterocycles. The van der Waals surface area contributed by atoms with Crippen LogP contribution in [-0.2, 0) is 0 Å². The quantitative estimate of drug-likeness (QED) is 0.583. The fourth-order valence-electron chi connectivity index (χ4n) is 2.21. The Morgan fingerprint density at radius 2 is 1.80 bits per heavy atom. The standard InChI is InChI=1S/C17H19Br2N/c1-2-3-9-16(13-7-5-4-6-8-13)20-17-11-10-14(18)12-15(17)19/h4-8,10-12,16,20H,2-3,9H2,1H3. The Hall–Kier alpha value is -0.800. The number of unbranched alkanes of at least 4 members (excludes halogenated alkanes) is 1. The van der Waals surface area contributed by atoms with Gasteiger partial charge in [0.25, 0.3) is 0 Å². The summed E-state index contributed by atoms with van der Waals surface area (Å²) in [5, 5.41) is 3.66. The molecule has 0 spiro atoms. The summed E-state index contributed by atoms with van der Waals surface area (Å²) < 4.78 is 2.17. The number of nitrogens with one attached hydrogen (secondary N) is 1. The summed E-state index contributed by atoms with van der Waals surface area (Å²) in [5.74, 6) is 0. The maximum Gasteiger partial charge on any atom is 0.0514 e. The monoisotopic (exact) mass is 395 g/mol. The normalized spacial score (nSPS) is 12.2. The van der Waals surface area contributed by atoms with Crippen LogP contribution < -0.4 is 5.32 Å². The van der Waals surface area contributed by atoms with Gasteiger partial charge in [-0.15, -0.1) is 0 Å². The van der Waals surface area contributed by atoms with Gasteiger partial charge in [0.15, 0.2) is 0 Å². The van der Waals surface area contributed by atoms with Gasteiger partial charge in [-0.1, -0.05) is 66.0 Å². The molecule has 1 atom stereocenters. The van der Waals surface area contributed by atoms with Gasteiger partial charge in [-0.3, -0.25) is 0 Å². The number of hydrogen-bond donors (Lipinski definition) is 1. The number of anilines is 1. The SMILES string of the molecule is CCCCC(Nc1ccc(Br)cc1Br)c1ccccc1. The van der Waals surface area contributed by atoms with Gasteiger partial charge in [-0.05, 0) is 46.1 Å². The van der Waals surface area contributed by atoms with E-state index in [0.29, 0.717) is 6.04 Å². The molecule has 106 valence electrons. The van der Waals surface area contributed by atoms with Crippen LogP contribution in [0, 0.1) is 0 Å². The molecule has 20 heavy (non-hydrogen) atoms. The van der Waals surface area contributed by atoms with E-state index in [-0.39, 0.29) is 0 Å². The zero-order valence-corrected chi connectivity index (χ0v) is 14.7. The fourth-order valence-corrected chi connectivity index (χ4v) is 3.37. The third-order valence-corrected chi connectivity index (χ3v) is 4.46. The first-order valence-corrected chi connectivity index (χ1v) is 8.56. The van der Waals surface area contributed by atoms with Crippen molar-refractivity contribution in [3.63, 3.8) is 0 Å². The highest BCUT2D eigenvalue weighted by molar-refractivity contribution is 9.11. The lowest BCUT2D eigenvalue weighted by Gasteiger charge is -2.21. The van der Waals surface area contributed by atoms with Gasteiger partial charge in [0.05, 0.1) is 6.04 Å². The predicted octanol–water partition coefficient (Wildman–Crippen LogP) is 6.56. The van der Waals surface area contributed by atoms with E-state index in [1.54, 1.807) is 0 Å². The summed E-state index contributed by atoms with van der Waals surface area (Å²) in [6.45, 7) is 2.23. The first-order valence-electron chi connectivity index (χ1n) is 6.97. The molecule has 1 nitrogen and oxygen atoms in total. The van der Waals surface area contributed by atoms with Gasteiger partial charge in [0.1, 0.15) is 0 Å². The summed E-state index contributed by atoms with van der Waals surface area (Å²) in [7, 11) is 0. The molecule has 0 fully saturated rings. The Kier molecular flexibility index (Phi) is 6.11. The van der Waals surface area contributed by atoms with Gasteiger partial charge in [-0.25, -0.2) is 0 Å². The third kappa shape index (κ3) is 4.35. The van der Waals surface area contributed by atoms with Crippen molar-refractivity contribution >= 4 is 37.5 Å². The zero-order chi connectivity index (χ0) is 14.4. The molecule has 0 aliphatic heterocycles. The van der Waals surface area contributed by atoms with Crippen molar-refractivity contribution in [2.45, 2.75) is 32.2 Å². The largest absolute Gasteiger partial charge is 0.377 e. The second-order valence-corrected chi connectivity index (χ2v) is 6.64. The minimum atomic E-state index is 0.355. The Morgan fingerprint density at radius 1 is 1.05 bits per heavy atom. The van der Waals surface area contributed by atoms with E-state index in [1.807, 2.05) is 0 Å². The number of halogens is 2. The summed E-state index contributed by atoms with van der Waals surface area (Å²) in [6.07, 6.45) is 3.58. The second-order valence-electron chi connectivity index (χ2n) is 4.87. The molecule has 0 saturated heterocycles. The molecule has 1 unspecified atom stereocenters. The molecular formula is C17H19Br2N. The summed E-state index contributed by atoms with van der Waals surface area (Å²) in [4.78, 5) is 0. The molecule has 0 amide bonds. The van der Waals surface area contributed by atoms with Gasteiger partial charge >= 0.3 is 0 Å². The molecule has 2 aromatic carbocycles. The smallest absolute Gasteiger partial charge is 0.0514 e. The van der Waals surface area contributed by atoms with E-state index in [4.69, 9.17) is 0 Å². The van der Waals surface area contributed by atoms with Crippen molar-refractivity contribution in [2.75, 3.05) is 5.32 Å². The van der Waals surface area contributed by atoms with Crippen LogP contribution in [0.2, 0.25) is 0 Å². The fraction of sp³-hybridized carbons (Fsp3) is 0.294. The summed E-state index contributed by atoms with van der Waals surface area (Å²) in [6, 6.07) is 17.3. The van der Waals surface area contributed by atoms with Crippen molar-refractivity contribution < 1.29 is 0 Å². The molecule has 1 N–H and O–H groups in total. The van der Waals surface area contributed by atoms with E-state index in [9.17, 15) is 0 Å².